The van der Waals surface area contributed by atoms with Gasteiger partial charge in [-0.3, -0.25) is 14.5 Å². The summed E-state index contributed by atoms with van der Waals surface area (Å²) in [5, 5.41) is 3.54. The number of fused-ring (bicyclic) bond motifs is 3. The summed E-state index contributed by atoms with van der Waals surface area (Å²) in [5.41, 5.74) is 2.98. The van der Waals surface area contributed by atoms with E-state index < -0.39 is 17.5 Å². The van der Waals surface area contributed by atoms with Crippen LogP contribution in [0.3, 0.4) is 0 Å². The number of H-pyrrole nitrogens is 1. The van der Waals surface area contributed by atoms with Gasteiger partial charge in [-0.1, -0.05) is 42.5 Å². The molecule has 1 atom stereocenters. The first-order valence-electron chi connectivity index (χ1n) is 11.1. The fraction of sp³-hybridized carbons (Fsp3) is 0.148. The Morgan fingerprint density at radius 1 is 0.971 bits per heavy atom. The number of hydrogen-bond donors (Lipinski definition) is 2. The van der Waals surface area contributed by atoms with Gasteiger partial charge in [0.25, 0.3) is 5.91 Å². The number of carbonyl (C=O) groups is 3. The van der Waals surface area contributed by atoms with E-state index in [9.17, 15) is 18.8 Å². The molecule has 6 nitrogen and oxygen atoms in total. The second-order valence-corrected chi connectivity index (χ2v) is 8.73. The van der Waals surface area contributed by atoms with E-state index in [-0.39, 0.29) is 18.1 Å². The minimum atomic E-state index is -1.12. The summed E-state index contributed by atoms with van der Waals surface area (Å²) >= 11 is 0. The Kier molecular flexibility index (Phi) is 4.42. The molecule has 2 aliphatic rings. The predicted octanol–water partition coefficient (Wildman–Crippen LogP) is 4.55. The quantitative estimate of drug-likeness (QED) is 0.351. The lowest BCUT2D eigenvalue weighted by Crippen LogP contribution is -2.42. The number of carbonyl (C=O) groups excluding carboxylic acids is 3. The highest BCUT2D eigenvalue weighted by atomic mass is 19.1. The molecule has 168 valence electrons. The van der Waals surface area contributed by atoms with Crippen LogP contribution in [-0.2, 0) is 16.8 Å². The second kappa shape index (κ2) is 7.38. The van der Waals surface area contributed by atoms with Gasteiger partial charge >= 0.3 is 6.03 Å². The molecule has 1 aliphatic carbocycles. The number of rotatable bonds is 4. The van der Waals surface area contributed by atoms with Gasteiger partial charge < -0.3 is 10.3 Å². The molecule has 6 rings (SSSR count). The van der Waals surface area contributed by atoms with Gasteiger partial charge in [0, 0.05) is 10.9 Å². The van der Waals surface area contributed by atoms with Crippen LogP contribution in [0.25, 0.3) is 22.2 Å². The SMILES string of the molecule is O=C(CN1C(=O)N[C@@]2(CCc3ccccc32)C1=O)c1c(-c2ccc(F)cc2)[nH]c2ccccc12. The average Bonchev–Trinajstić information content (AvgIpc) is 3.48. The Balaban J connectivity index is 1.38. The van der Waals surface area contributed by atoms with Crippen molar-refractivity contribution < 1.29 is 18.8 Å². The van der Waals surface area contributed by atoms with Gasteiger partial charge in [0.15, 0.2) is 5.78 Å². The molecule has 0 radical (unpaired) electrons. The van der Waals surface area contributed by atoms with Gasteiger partial charge in [0.2, 0.25) is 0 Å². The summed E-state index contributed by atoms with van der Waals surface area (Å²) in [6, 6.07) is 20.2. The highest BCUT2D eigenvalue weighted by Gasteiger charge is 2.55. The maximum Gasteiger partial charge on any atom is 0.325 e. The van der Waals surface area contributed by atoms with Crippen LogP contribution in [0.15, 0.2) is 72.8 Å². The van der Waals surface area contributed by atoms with Crippen LogP contribution in [0.4, 0.5) is 9.18 Å². The molecule has 2 N–H and O–H groups in total. The number of halogens is 1. The summed E-state index contributed by atoms with van der Waals surface area (Å²) in [6.07, 6.45) is 1.15. The lowest BCUT2D eigenvalue weighted by atomic mass is 9.91. The van der Waals surface area contributed by atoms with Crippen LogP contribution in [0, 0.1) is 5.82 Å². The molecule has 1 fully saturated rings. The monoisotopic (exact) mass is 453 g/mol. The van der Waals surface area contributed by atoms with Crippen LogP contribution in [-0.4, -0.2) is 34.2 Å². The van der Waals surface area contributed by atoms with Crippen LogP contribution >= 0.6 is 0 Å². The number of aromatic amines is 1. The standard InChI is InChI=1S/C27H20FN3O3/c28-18-11-9-17(10-12-18)24-23(19-6-2-4-8-21(19)29-24)22(32)15-31-25(33)27(30-26(31)34)14-13-16-5-1-3-7-20(16)27/h1-12,29H,13-15H2,(H,30,34)/t27-/m1/s1. The molecule has 1 aromatic heterocycles. The summed E-state index contributed by atoms with van der Waals surface area (Å²) in [5.74, 6) is -1.16. The number of amides is 3. The normalized spacial score (nSPS) is 19.1. The van der Waals surface area contributed by atoms with Crippen LogP contribution in [0.5, 0.6) is 0 Å². The minimum absolute atomic E-state index is 0.371. The van der Waals surface area contributed by atoms with Crippen molar-refractivity contribution in [2.45, 2.75) is 18.4 Å². The first-order valence-corrected chi connectivity index (χ1v) is 11.1. The minimum Gasteiger partial charge on any atom is -0.354 e. The number of benzene rings is 3. The molecule has 3 aromatic carbocycles. The lowest BCUT2D eigenvalue weighted by molar-refractivity contribution is -0.131. The van der Waals surface area contributed by atoms with Crippen LogP contribution in [0.1, 0.15) is 27.9 Å². The van der Waals surface area contributed by atoms with Crippen molar-refractivity contribution in [2.75, 3.05) is 6.54 Å². The number of para-hydroxylation sites is 1. The van der Waals surface area contributed by atoms with Crippen molar-refractivity contribution >= 4 is 28.6 Å². The average molecular weight is 453 g/mol. The number of ketones is 1. The molecule has 7 heteroatoms. The molecule has 1 saturated heterocycles. The van der Waals surface area contributed by atoms with Gasteiger partial charge in [-0.25, -0.2) is 9.18 Å². The molecule has 1 aliphatic heterocycles. The van der Waals surface area contributed by atoms with E-state index in [0.29, 0.717) is 35.0 Å². The highest BCUT2D eigenvalue weighted by molar-refractivity contribution is 6.17. The molecule has 0 saturated carbocycles. The number of nitrogens with zero attached hydrogens (tertiary/aromatic N) is 1. The van der Waals surface area contributed by atoms with Crippen molar-refractivity contribution in [3.63, 3.8) is 0 Å². The first-order chi connectivity index (χ1) is 16.5. The third-order valence-electron chi connectivity index (χ3n) is 6.84. The molecule has 1 spiro atoms. The molecule has 2 heterocycles. The summed E-state index contributed by atoms with van der Waals surface area (Å²) in [6.45, 7) is -0.384. The molecule has 0 unspecified atom stereocenters. The summed E-state index contributed by atoms with van der Waals surface area (Å²) in [4.78, 5) is 44.3. The van der Waals surface area contributed by atoms with E-state index >= 15 is 0 Å². The summed E-state index contributed by atoms with van der Waals surface area (Å²) < 4.78 is 13.5. The maximum absolute atomic E-state index is 13.6. The third-order valence-corrected chi connectivity index (χ3v) is 6.84. The summed E-state index contributed by atoms with van der Waals surface area (Å²) in [7, 11) is 0. The van der Waals surface area contributed by atoms with E-state index in [4.69, 9.17) is 0 Å². The zero-order valence-electron chi connectivity index (χ0n) is 18.1. The first kappa shape index (κ1) is 20.4. The topological polar surface area (TPSA) is 82.3 Å². The highest BCUT2D eigenvalue weighted by Crippen LogP contribution is 2.41. The Hall–Kier alpha value is -4.26. The number of Topliss-reactive ketones (excluding diaryl/α,β-unsaturated/α-hetero) is 1. The van der Waals surface area contributed by atoms with E-state index in [1.165, 1.54) is 12.1 Å². The van der Waals surface area contributed by atoms with Crippen molar-refractivity contribution in [1.29, 1.82) is 0 Å². The van der Waals surface area contributed by atoms with Crippen molar-refractivity contribution in [2.24, 2.45) is 0 Å². The molecule has 3 amide bonds. The van der Waals surface area contributed by atoms with Crippen molar-refractivity contribution in [3.8, 4) is 11.3 Å². The van der Waals surface area contributed by atoms with E-state index in [1.54, 1.807) is 12.1 Å². The Morgan fingerprint density at radius 2 is 1.71 bits per heavy atom. The van der Waals surface area contributed by atoms with E-state index in [0.717, 1.165) is 21.5 Å². The molecular weight excluding hydrogens is 433 g/mol. The number of hydrogen-bond acceptors (Lipinski definition) is 3. The zero-order valence-corrected chi connectivity index (χ0v) is 18.1. The Bertz CT molecular complexity index is 1490. The number of imide groups is 1. The van der Waals surface area contributed by atoms with Gasteiger partial charge in [0.1, 0.15) is 11.4 Å². The number of urea groups is 1. The smallest absolute Gasteiger partial charge is 0.325 e. The van der Waals surface area contributed by atoms with Gasteiger partial charge in [0.05, 0.1) is 17.8 Å². The molecule has 34 heavy (non-hydrogen) atoms. The van der Waals surface area contributed by atoms with Gasteiger partial charge in [-0.05, 0) is 59.9 Å². The van der Waals surface area contributed by atoms with E-state index in [1.807, 2.05) is 48.5 Å². The second-order valence-electron chi connectivity index (χ2n) is 8.73. The van der Waals surface area contributed by atoms with Gasteiger partial charge in [-0.2, -0.15) is 0 Å². The largest absolute Gasteiger partial charge is 0.354 e. The van der Waals surface area contributed by atoms with Crippen LogP contribution in [0.2, 0.25) is 0 Å². The fourth-order valence-electron chi connectivity index (χ4n) is 5.22. The maximum atomic E-state index is 13.6. The number of nitrogens with one attached hydrogen (secondary N) is 2. The molecule has 0 bridgehead atoms. The fourth-order valence-corrected chi connectivity index (χ4v) is 5.22. The number of aryl methyl sites for hydroxylation is 1. The third kappa shape index (κ3) is 2.90. The predicted molar refractivity (Wildman–Crippen MR) is 125 cm³/mol. The van der Waals surface area contributed by atoms with E-state index in [2.05, 4.69) is 10.3 Å². The zero-order chi connectivity index (χ0) is 23.4. The van der Waals surface area contributed by atoms with Crippen molar-refractivity contribution in [1.82, 2.24) is 15.2 Å². The number of aromatic nitrogens is 1. The Labute approximate surface area is 194 Å². The molecule has 4 aromatic rings. The van der Waals surface area contributed by atoms with Crippen molar-refractivity contribution in [3.05, 3.63) is 95.3 Å². The van der Waals surface area contributed by atoms with Gasteiger partial charge in [-0.15, -0.1) is 0 Å². The molecular formula is C27H20FN3O3. The Morgan fingerprint density at radius 3 is 2.53 bits per heavy atom. The lowest BCUT2D eigenvalue weighted by Gasteiger charge is -2.22. The van der Waals surface area contributed by atoms with Crippen LogP contribution < -0.4 is 5.32 Å².